The molecule has 1 atom stereocenters. The fraction of sp³-hybridized carbons (Fsp3) is 0.562. The molecule has 5 nitrogen and oxygen atoms in total. The van der Waals surface area contributed by atoms with Gasteiger partial charge in [-0.25, -0.2) is 13.2 Å². The van der Waals surface area contributed by atoms with Crippen LogP contribution in [0.4, 0.5) is 4.79 Å². The number of benzene rings is 1. The van der Waals surface area contributed by atoms with E-state index in [2.05, 4.69) is 0 Å². The normalized spacial score (nSPS) is 22.8. The molecule has 1 aromatic carbocycles. The quantitative estimate of drug-likeness (QED) is 0.838. The maximum Gasteiger partial charge on any atom is 0.320 e. The molecule has 2 heterocycles. The maximum absolute atomic E-state index is 12.6. The van der Waals surface area contributed by atoms with Gasteiger partial charge in [0.15, 0.2) is 9.84 Å². The summed E-state index contributed by atoms with van der Waals surface area (Å²) < 4.78 is 25.3. The predicted molar refractivity (Wildman–Crippen MR) is 84.4 cm³/mol. The highest BCUT2D eigenvalue weighted by Crippen LogP contribution is 2.25. The summed E-state index contributed by atoms with van der Waals surface area (Å²) in [6.45, 7) is 2.44. The van der Waals surface area contributed by atoms with Crippen LogP contribution < -0.4 is 0 Å². The minimum atomic E-state index is -3.35. The summed E-state index contributed by atoms with van der Waals surface area (Å²) in [7, 11) is -3.35. The molecule has 0 N–H and O–H groups in total. The number of nitrogens with zero attached hydrogens (tertiary/aromatic N) is 2. The summed E-state index contributed by atoms with van der Waals surface area (Å²) in [6.07, 6.45) is 3.79. The number of hydrogen-bond acceptors (Lipinski definition) is 3. The summed E-state index contributed by atoms with van der Waals surface area (Å²) in [6, 6.07) is 8.54. The monoisotopic (exact) mass is 322 g/mol. The van der Waals surface area contributed by atoms with Crippen molar-refractivity contribution in [3.8, 4) is 0 Å². The number of carbonyl (C=O) groups excluding carboxylic acids is 1. The van der Waals surface area contributed by atoms with E-state index in [1.165, 1.54) is 6.42 Å². The summed E-state index contributed by atoms with van der Waals surface area (Å²) in [5.74, 6) is 0. The molecule has 1 unspecified atom stereocenters. The fourth-order valence-electron chi connectivity index (χ4n) is 3.24. The first kappa shape index (κ1) is 15.3. The summed E-state index contributed by atoms with van der Waals surface area (Å²) >= 11 is 0. The Morgan fingerprint density at radius 3 is 2.32 bits per heavy atom. The van der Waals surface area contributed by atoms with E-state index in [1.54, 1.807) is 35.2 Å². The smallest absolute Gasteiger partial charge is 0.320 e. The predicted octanol–water partition coefficient (Wildman–Crippen LogP) is 2.14. The van der Waals surface area contributed by atoms with E-state index in [0.29, 0.717) is 24.4 Å². The van der Waals surface area contributed by atoms with Crippen molar-refractivity contribution in [2.45, 2.75) is 35.8 Å². The average Bonchev–Trinajstić information content (AvgIpc) is 3.06. The van der Waals surface area contributed by atoms with Gasteiger partial charge in [0.1, 0.15) is 0 Å². The summed E-state index contributed by atoms with van der Waals surface area (Å²) in [5, 5.41) is -0.483. The van der Waals surface area contributed by atoms with E-state index in [9.17, 15) is 13.2 Å². The zero-order valence-corrected chi connectivity index (χ0v) is 13.5. The first-order valence-electron chi connectivity index (χ1n) is 7.92. The van der Waals surface area contributed by atoms with E-state index < -0.39 is 15.1 Å². The van der Waals surface area contributed by atoms with Crippen molar-refractivity contribution in [3.63, 3.8) is 0 Å². The third-order valence-electron chi connectivity index (χ3n) is 4.55. The second kappa shape index (κ2) is 6.28. The topological polar surface area (TPSA) is 57.7 Å². The Hall–Kier alpha value is -1.56. The lowest BCUT2D eigenvalue weighted by molar-refractivity contribution is 0.152. The summed E-state index contributed by atoms with van der Waals surface area (Å²) in [5.41, 5.74) is 0. The summed E-state index contributed by atoms with van der Waals surface area (Å²) in [4.78, 5) is 16.4. The largest absolute Gasteiger partial charge is 0.325 e. The van der Waals surface area contributed by atoms with Crippen LogP contribution >= 0.6 is 0 Å². The third kappa shape index (κ3) is 2.97. The highest BCUT2D eigenvalue weighted by Gasteiger charge is 2.37. The Kier molecular flexibility index (Phi) is 4.38. The lowest BCUT2D eigenvalue weighted by Gasteiger charge is -2.31. The molecule has 0 aliphatic carbocycles. The van der Waals surface area contributed by atoms with Gasteiger partial charge < -0.3 is 9.80 Å². The fourth-order valence-corrected chi connectivity index (χ4v) is 4.96. The number of hydrogen-bond donors (Lipinski definition) is 0. The molecular formula is C16H22N2O3S. The van der Waals surface area contributed by atoms with Crippen LogP contribution in [-0.2, 0) is 9.84 Å². The molecule has 2 aliphatic rings. The number of carbonyl (C=O) groups is 1. The van der Waals surface area contributed by atoms with Gasteiger partial charge in [0.2, 0.25) is 0 Å². The highest BCUT2D eigenvalue weighted by molar-refractivity contribution is 7.92. The third-order valence-corrected chi connectivity index (χ3v) is 6.74. The van der Waals surface area contributed by atoms with Crippen LogP contribution in [0.25, 0.3) is 0 Å². The van der Waals surface area contributed by atoms with Crippen LogP contribution in [0.3, 0.4) is 0 Å². The highest BCUT2D eigenvalue weighted by atomic mass is 32.2. The van der Waals surface area contributed by atoms with Crippen molar-refractivity contribution in [2.75, 3.05) is 26.2 Å². The number of rotatable bonds is 2. The molecule has 2 amide bonds. The Labute approximate surface area is 131 Å². The molecule has 0 bridgehead atoms. The van der Waals surface area contributed by atoms with Gasteiger partial charge >= 0.3 is 6.03 Å². The lowest BCUT2D eigenvalue weighted by Crippen LogP contribution is -2.45. The number of sulfone groups is 1. The average molecular weight is 322 g/mol. The molecule has 0 radical (unpaired) electrons. The number of likely N-dealkylation sites (tertiary alicyclic amines) is 2. The van der Waals surface area contributed by atoms with E-state index in [4.69, 9.17) is 0 Å². The van der Waals surface area contributed by atoms with E-state index in [0.717, 1.165) is 25.9 Å². The molecule has 3 rings (SSSR count). The van der Waals surface area contributed by atoms with Gasteiger partial charge in [-0.3, -0.25) is 0 Å². The van der Waals surface area contributed by atoms with Gasteiger partial charge in [0.25, 0.3) is 0 Å². The Morgan fingerprint density at radius 1 is 0.955 bits per heavy atom. The van der Waals surface area contributed by atoms with Crippen LogP contribution in [0.5, 0.6) is 0 Å². The van der Waals surface area contributed by atoms with Crippen molar-refractivity contribution in [1.29, 1.82) is 0 Å². The van der Waals surface area contributed by atoms with Crippen molar-refractivity contribution in [1.82, 2.24) is 9.80 Å². The van der Waals surface area contributed by atoms with Crippen LogP contribution in [0.1, 0.15) is 25.7 Å². The van der Waals surface area contributed by atoms with Gasteiger partial charge in [-0.2, -0.15) is 0 Å². The molecule has 2 saturated heterocycles. The minimum Gasteiger partial charge on any atom is -0.325 e. The molecule has 2 aliphatic heterocycles. The number of urea groups is 1. The Bertz CT molecular complexity index is 624. The number of piperidine rings is 1. The van der Waals surface area contributed by atoms with E-state index in [-0.39, 0.29) is 6.03 Å². The zero-order valence-electron chi connectivity index (χ0n) is 12.6. The molecule has 0 aromatic heterocycles. The Balaban J connectivity index is 1.68. The molecule has 2 fully saturated rings. The van der Waals surface area contributed by atoms with Crippen molar-refractivity contribution in [3.05, 3.63) is 30.3 Å². The van der Waals surface area contributed by atoms with Crippen molar-refractivity contribution < 1.29 is 13.2 Å². The first-order valence-corrected chi connectivity index (χ1v) is 9.46. The van der Waals surface area contributed by atoms with Crippen LogP contribution in [0.2, 0.25) is 0 Å². The molecular weight excluding hydrogens is 300 g/mol. The van der Waals surface area contributed by atoms with Gasteiger partial charge in [-0.1, -0.05) is 18.2 Å². The van der Waals surface area contributed by atoms with Crippen molar-refractivity contribution >= 4 is 15.9 Å². The molecule has 120 valence electrons. The molecule has 6 heteroatoms. The van der Waals surface area contributed by atoms with Crippen LogP contribution in [0.15, 0.2) is 35.2 Å². The van der Waals surface area contributed by atoms with Crippen LogP contribution in [0, 0.1) is 0 Å². The zero-order chi connectivity index (χ0) is 15.6. The van der Waals surface area contributed by atoms with Gasteiger partial charge in [0, 0.05) is 26.2 Å². The molecule has 0 saturated carbocycles. The second-order valence-corrected chi connectivity index (χ2v) is 8.27. The van der Waals surface area contributed by atoms with E-state index >= 15 is 0 Å². The molecule has 22 heavy (non-hydrogen) atoms. The van der Waals surface area contributed by atoms with E-state index in [1.807, 2.05) is 4.90 Å². The van der Waals surface area contributed by atoms with Gasteiger partial charge in [-0.15, -0.1) is 0 Å². The van der Waals surface area contributed by atoms with Gasteiger partial charge in [0.05, 0.1) is 10.1 Å². The number of amides is 2. The standard InChI is InChI=1S/C16H22N2O3S/c19-16(17-10-5-2-6-11-17)18-12-9-15(13-18)22(20,21)14-7-3-1-4-8-14/h1,3-4,7-8,15H,2,5-6,9-13H2. The first-order chi connectivity index (χ1) is 10.6. The minimum absolute atomic E-state index is 0.00506. The van der Waals surface area contributed by atoms with Crippen LogP contribution in [-0.4, -0.2) is 55.7 Å². The maximum atomic E-state index is 12.6. The van der Waals surface area contributed by atoms with Crippen molar-refractivity contribution in [2.24, 2.45) is 0 Å². The van der Waals surface area contributed by atoms with Gasteiger partial charge in [-0.05, 0) is 37.8 Å². The molecule has 0 spiro atoms. The molecule has 1 aromatic rings. The SMILES string of the molecule is O=C(N1CCCCC1)N1CCC(S(=O)(=O)c2ccccc2)C1. The Morgan fingerprint density at radius 2 is 1.64 bits per heavy atom. The lowest BCUT2D eigenvalue weighted by atomic mass is 10.1. The second-order valence-electron chi connectivity index (χ2n) is 6.05.